The van der Waals surface area contributed by atoms with Gasteiger partial charge in [0.1, 0.15) is 0 Å². The molecule has 0 spiro atoms. The van der Waals surface area contributed by atoms with E-state index in [9.17, 15) is 9.59 Å². The van der Waals surface area contributed by atoms with Crippen molar-refractivity contribution < 1.29 is 9.59 Å². The van der Waals surface area contributed by atoms with Gasteiger partial charge in [-0.3, -0.25) is 9.59 Å². The minimum atomic E-state index is -0.0700. The summed E-state index contributed by atoms with van der Waals surface area (Å²) in [5.74, 6) is -0.140. The Hall–Kier alpha value is -1.94. The lowest BCUT2D eigenvalue weighted by Gasteiger charge is -2.27. The second-order valence-electron chi connectivity index (χ2n) is 6.53. The van der Waals surface area contributed by atoms with Gasteiger partial charge < -0.3 is 5.32 Å². The van der Waals surface area contributed by atoms with Gasteiger partial charge in [-0.05, 0) is 40.9 Å². The van der Waals surface area contributed by atoms with Crippen LogP contribution in [0.25, 0.3) is 0 Å². The molecule has 0 amide bonds. The molecule has 122 valence electrons. The summed E-state index contributed by atoms with van der Waals surface area (Å²) in [4.78, 5) is 25.9. The van der Waals surface area contributed by atoms with Crippen LogP contribution in [0.15, 0.2) is 40.9 Å². The highest BCUT2D eigenvalue weighted by Crippen LogP contribution is 2.37. The molecule has 0 bridgehead atoms. The Kier molecular flexibility index (Phi) is 4.01. The monoisotopic (exact) mass is 383 g/mol. The second-order valence-corrected chi connectivity index (χ2v) is 7.38. The molecule has 2 aliphatic carbocycles. The Labute approximate surface area is 149 Å². The number of fused-ring (bicyclic) bond motifs is 2. The van der Waals surface area contributed by atoms with Gasteiger partial charge in [0.25, 0.3) is 0 Å². The number of halogens is 1. The molecule has 1 fully saturated rings. The third-order valence-corrected chi connectivity index (χ3v) is 5.66. The molecule has 4 heteroatoms. The van der Waals surface area contributed by atoms with Gasteiger partial charge >= 0.3 is 0 Å². The van der Waals surface area contributed by atoms with Gasteiger partial charge in [0.15, 0.2) is 11.6 Å². The van der Waals surface area contributed by atoms with Crippen molar-refractivity contribution in [2.24, 2.45) is 0 Å². The quantitative estimate of drug-likeness (QED) is 0.679. The Morgan fingerprint density at radius 2 is 1.50 bits per heavy atom. The second kappa shape index (κ2) is 6.17. The van der Waals surface area contributed by atoms with Crippen LogP contribution in [0.4, 0.5) is 5.69 Å². The van der Waals surface area contributed by atoms with Crippen LogP contribution < -0.4 is 5.32 Å². The highest BCUT2D eigenvalue weighted by molar-refractivity contribution is 9.10. The molecule has 0 heterocycles. The first-order chi connectivity index (χ1) is 11.7. The first-order valence-electron chi connectivity index (χ1n) is 8.44. The standard InChI is InChI=1S/C20H18BrNO2/c21-16-11-10-15-17(18(16)22-12-6-2-1-3-7-12)20(24)14-9-5-4-8-13(14)19(15)23/h4-5,8-12,22H,1-3,6-7H2. The molecular weight excluding hydrogens is 366 g/mol. The molecule has 0 aromatic heterocycles. The maximum Gasteiger partial charge on any atom is 0.196 e. The number of benzene rings is 2. The van der Waals surface area contributed by atoms with Gasteiger partial charge in [0.2, 0.25) is 0 Å². The van der Waals surface area contributed by atoms with E-state index in [1.54, 1.807) is 30.3 Å². The minimum absolute atomic E-state index is 0.0696. The third kappa shape index (κ3) is 2.49. The Balaban J connectivity index is 1.82. The van der Waals surface area contributed by atoms with Crippen molar-refractivity contribution in [2.45, 2.75) is 38.1 Å². The van der Waals surface area contributed by atoms with E-state index in [0.29, 0.717) is 28.3 Å². The van der Waals surface area contributed by atoms with Crippen LogP contribution in [0.2, 0.25) is 0 Å². The lowest BCUT2D eigenvalue weighted by atomic mass is 9.83. The summed E-state index contributed by atoms with van der Waals surface area (Å²) >= 11 is 3.56. The molecule has 2 aromatic rings. The first-order valence-corrected chi connectivity index (χ1v) is 9.23. The van der Waals surface area contributed by atoms with E-state index in [1.807, 2.05) is 6.07 Å². The minimum Gasteiger partial charge on any atom is -0.381 e. The van der Waals surface area contributed by atoms with E-state index in [4.69, 9.17) is 0 Å². The maximum atomic E-state index is 13.1. The predicted molar refractivity (Wildman–Crippen MR) is 97.9 cm³/mol. The lowest BCUT2D eigenvalue weighted by Crippen LogP contribution is -2.27. The van der Waals surface area contributed by atoms with Crippen molar-refractivity contribution in [2.75, 3.05) is 5.32 Å². The summed E-state index contributed by atoms with van der Waals surface area (Å²) in [5, 5.41) is 3.54. The van der Waals surface area contributed by atoms with Crippen molar-refractivity contribution >= 4 is 33.2 Å². The van der Waals surface area contributed by atoms with Crippen LogP contribution in [-0.4, -0.2) is 17.6 Å². The van der Waals surface area contributed by atoms with E-state index in [1.165, 1.54) is 19.3 Å². The van der Waals surface area contributed by atoms with Crippen LogP contribution >= 0.6 is 15.9 Å². The zero-order chi connectivity index (χ0) is 16.7. The topological polar surface area (TPSA) is 46.2 Å². The lowest BCUT2D eigenvalue weighted by molar-refractivity contribution is 0.0979. The fourth-order valence-electron chi connectivity index (χ4n) is 3.75. The van der Waals surface area contributed by atoms with Crippen LogP contribution in [0.5, 0.6) is 0 Å². The van der Waals surface area contributed by atoms with Crippen molar-refractivity contribution in [3.05, 3.63) is 63.1 Å². The fourth-order valence-corrected chi connectivity index (χ4v) is 4.20. The molecule has 0 unspecified atom stereocenters. The molecule has 3 nitrogen and oxygen atoms in total. The van der Waals surface area contributed by atoms with Crippen LogP contribution in [0.1, 0.15) is 63.9 Å². The molecule has 2 aliphatic rings. The van der Waals surface area contributed by atoms with E-state index in [-0.39, 0.29) is 11.6 Å². The molecule has 4 rings (SSSR count). The predicted octanol–water partition coefficient (Wildman–Crippen LogP) is 4.97. The first kappa shape index (κ1) is 15.6. The fraction of sp³-hybridized carbons (Fsp3) is 0.300. The molecule has 1 saturated carbocycles. The molecule has 2 aromatic carbocycles. The number of rotatable bonds is 2. The summed E-state index contributed by atoms with van der Waals surface area (Å²) < 4.78 is 0.840. The molecule has 24 heavy (non-hydrogen) atoms. The van der Waals surface area contributed by atoms with Crippen LogP contribution in [0.3, 0.4) is 0 Å². The van der Waals surface area contributed by atoms with Crippen molar-refractivity contribution in [3.63, 3.8) is 0 Å². The van der Waals surface area contributed by atoms with Crippen molar-refractivity contribution in [1.29, 1.82) is 0 Å². The Morgan fingerprint density at radius 1 is 0.833 bits per heavy atom. The average Bonchev–Trinajstić information content (AvgIpc) is 2.62. The summed E-state index contributed by atoms with van der Waals surface area (Å²) in [7, 11) is 0. The summed E-state index contributed by atoms with van der Waals surface area (Å²) in [6.45, 7) is 0. The normalized spacial score (nSPS) is 17.4. The summed E-state index contributed by atoms with van der Waals surface area (Å²) in [5.41, 5.74) is 2.78. The molecule has 0 saturated heterocycles. The highest BCUT2D eigenvalue weighted by Gasteiger charge is 2.33. The Morgan fingerprint density at radius 3 is 2.21 bits per heavy atom. The van der Waals surface area contributed by atoms with Gasteiger partial charge in [-0.15, -0.1) is 0 Å². The van der Waals surface area contributed by atoms with Gasteiger partial charge in [-0.1, -0.05) is 43.5 Å². The zero-order valence-corrected chi connectivity index (χ0v) is 14.9. The number of anilines is 1. The van der Waals surface area contributed by atoms with Crippen LogP contribution in [0, 0.1) is 0 Å². The van der Waals surface area contributed by atoms with E-state index in [0.717, 1.165) is 23.0 Å². The smallest absolute Gasteiger partial charge is 0.196 e. The number of ketones is 2. The van der Waals surface area contributed by atoms with Crippen LogP contribution in [-0.2, 0) is 0 Å². The van der Waals surface area contributed by atoms with Gasteiger partial charge in [-0.2, -0.15) is 0 Å². The Bertz CT molecular complexity index is 838. The number of nitrogens with one attached hydrogen (secondary N) is 1. The number of hydrogen-bond acceptors (Lipinski definition) is 3. The van der Waals surface area contributed by atoms with Crippen molar-refractivity contribution in [3.8, 4) is 0 Å². The largest absolute Gasteiger partial charge is 0.381 e. The molecule has 0 atom stereocenters. The number of hydrogen-bond donors (Lipinski definition) is 1. The van der Waals surface area contributed by atoms with E-state index < -0.39 is 0 Å². The SMILES string of the molecule is O=C1c2ccccc2C(=O)c2c1ccc(Br)c2NC1CCCCC1. The van der Waals surface area contributed by atoms with E-state index >= 15 is 0 Å². The molecule has 1 N–H and O–H groups in total. The van der Waals surface area contributed by atoms with E-state index in [2.05, 4.69) is 21.2 Å². The average molecular weight is 384 g/mol. The zero-order valence-electron chi connectivity index (χ0n) is 13.3. The summed E-state index contributed by atoms with van der Waals surface area (Å²) in [6, 6.07) is 11.1. The van der Waals surface area contributed by atoms with Gasteiger partial charge in [0.05, 0.1) is 11.3 Å². The highest BCUT2D eigenvalue weighted by atomic mass is 79.9. The molecular formula is C20H18BrNO2. The number of carbonyl (C=O) groups excluding carboxylic acids is 2. The summed E-state index contributed by atoms with van der Waals surface area (Å²) in [6.07, 6.45) is 5.90. The van der Waals surface area contributed by atoms with Gasteiger partial charge in [-0.25, -0.2) is 0 Å². The van der Waals surface area contributed by atoms with Gasteiger partial charge in [0, 0.05) is 27.2 Å². The third-order valence-electron chi connectivity index (χ3n) is 5.00. The molecule has 0 aliphatic heterocycles. The molecule has 0 radical (unpaired) electrons. The maximum absolute atomic E-state index is 13.1. The number of carbonyl (C=O) groups is 2. The van der Waals surface area contributed by atoms with Crippen molar-refractivity contribution in [1.82, 2.24) is 0 Å².